The van der Waals surface area contributed by atoms with Crippen molar-refractivity contribution in [2.45, 2.75) is 126 Å². The molecule has 0 heteroatoms. The topological polar surface area (TPSA) is 0 Å². The molecule has 5 aliphatic rings. The van der Waals surface area contributed by atoms with Crippen LogP contribution in [0, 0.1) is 62.6 Å². The van der Waals surface area contributed by atoms with Gasteiger partial charge in [0.1, 0.15) is 0 Å². The first kappa shape index (κ1) is 21.8. The third kappa shape index (κ3) is 2.58. The molecule has 0 spiro atoms. The van der Waals surface area contributed by atoms with Gasteiger partial charge in [-0.2, -0.15) is 0 Å². The van der Waals surface area contributed by atoms with Gasteiger partial charge in [-0.05, 0) is 127 Å². The molecule has 0 aromatic rings. The fraction of sp³-hybridized carbons (Fsp3) is 1.00. The van der Waals surface area contributed by atoms with Crippen molar-refractivity contribution in [3.63, 3.8) is 0 Å². The van der Waals surface area contributed by atoms with Crippen molar-refractivity contribution in [3.05, 3.63) is 0 Å². The Bertz CT molecular complexity index is 690. The highest BCUT2D eigenvalue weighted by Crippen LogP contribution is 2.76. The summed E-state index contributed by atoms with van der Waals surface area (Å²) in [7, 11) is 0. The Kier molecular flexibility index (Phi) is 4.75. The van der Waals surface area contributed by atoms with Crippen molar-refractivity contribution in [1.82, 2.24) is 0 Å². The molecule has 5 rings (SSSR count). The van der Waals surface area contributed by atoms with Crippen molar-refractivity contribution in [3.8, 4) is 0 Å². The number of hydrogen-bond donors (Lipinski definition) is 0. The lowest BCUT2D eigenvalue weighted by Gasteiger charge is -2.73. The molecule has 0 unspecified atom stereocenters. The van der Waals surface area contributed by atoms with Gasteiger partial charge in [0.05, 0.1) is 0 Å². The van der Waals surface area contributed by atoms with E-state index in [0.717, 1.165) is 35.5 Å². The SMILES string of the molecule is C[C@H]1[C@H](C)CC[C@]2(C)CC[C@]3(C)[C@H]4CC[C@H]5C(C)(C)CCC[C@]5(C)[C@H]4CC[C@@]3(C)[C@H]12. The molecule has 5 aliphatic carbocycles. The first-order valence-electron chi connectivity index (χ1n) is 13.9. The maximum Gasteiger partial charge on any atom is -0.0233 e. The maximum absolute atomic E-state index is 2.81. The summed E-state index contributed by atoms with van der Waals surface area (Å²) in [6.07, 6.45) is 16.6. The molecule has 30 heavy (non-hydrogen) atoms. The van der Waals surface area contributed by atoms with Crippen molar-refractivity contribution in [2.75, 3.05) is 0 Å². The van der Waals surface area contributed by atoms with Gasteiger partial charge < -0.3 is 0 Å². The highest BCUT2D eigenvalue weighted by Gasteiger charge is 2.69. The second-order valence-electron chi connectivity index (χ2n) is 15.1. The predicted molar refractivity (Wildman–Crippen MR) is 129 cm³/mol. The van der Waals surface area contributed by atoms with Crippen molar-refractivity contribution < 1.29 is 0 Å². The van der Waals surface area contributed by atoms with Crippen LogP contribution in [0.15, 0.2) is 0 Å². The molecule has 0 amide bonds. The van der Waals surface area contributed by atoms with Gasteiger partial charge in [0, 0.05) is 0 Å². The van der Waals surface area contributed by atoms with Gasteiger partial charge in [0.25, 0.3) is 0 Å². The van der Waals surface area contributed by atoms with Gasteiger partial charge in [-0.15, -0.1) is 0 Å². The molecule has 10 atom stereocenters. The maximum atomic E-state index is 2.81. The van der Waals surface area contributed by atoms with Gasteiger partial charge in [-0.3, -0.25) is 0 Å². The number of hydrogen-bond acceptors (Lipinski definition) is 0. The summed E-state index contributed by atoms with van der Waals surface area (Å²) in [5.74, 6) is 5.73. The van der Waals surface area contributed by atoms with E-state index in [1.165, 1.54) is 70.6 Å². The molecule has 0 saturated heterocycles. The van der Waals surface area contributed by atoms with Gasteiger partial charge in [-0.1, -0.05) is 61.8 Å². The van der Waals surface area contributed by atoms with Crippen LogP contribution in [0.25, 0.3) is 0 Å². The van der Waals surface area contributed by atoms with Crippen LogP contribution in [0.3, 0.4) is 0 Å². The van der Waals surface area contributed by atoms with E-state index in [4.69, 9.17) is 0 Å². The minimum atomic E-state index is 0.558. The molecule has 0 aromatic carbocycles. The molecule has 0 heterocycles. The predicted octanol–water partition coefficient (Wildman–Crippen LogP) is 9.13. The van der Waals surface area contributed by atoms with Crippen LogP contribution in [0.4, 0.5) is 0 Å². The monoisotopic (exact) mass is 412 g/mol. The summed E-state index contributed by atoms with van der Waals surface area (Å²) >= 11 is 0. The Morgan fingerprint density at radius 2 is 1.33 bits per heavy atom. The second-order valence-corrected chi connectivity index (χ2v) is 15.1. The summed E-state index contributed by atoms with van der Waals surface area (Å²) in [5.41, 5.74) is 2.92. The fourth-order valence-corrected chi connectivity index (χ4v) is 11.9. The lowest BCUT2D eigenvalue weighted by Crippen LogP contribution is -2.66. The third-order valence-electron chi connectivity index (χ3n) is 13.7. The zero-order chi connectivity index (χ0) is 21.7. The molecule has 172 valence electrons. The first-order valence-corrected chi connectivity index (χ1v) is 13.9. The van der Waals surface area contributed by atoms with Gasteiger partial charge >= 0.3 is 0 Å². The third-order valence-corrected chi connectivity index (χ3v) is 13.7. The molecule has 0 N–H and O–H groups in total. The lowest BCUT2D eigenvalue weighted by molar-refractivity contribution is -0.246. The number of rotatable bonds is 0. The van der Waals surface area contributed by atoms with Crippen LogP contribution in [0.5, 0.6) is 0 Å². The Balaban J connectivity index is 1.54. The lowest BCUT2D eigenvalue weighted by atomic mass is 9.31. The highest BCUT2D eigenvalue weighted by atomic mass is 14.7. The van der Waals surface area contributed by atoms with Gasteiger partial charge in [0.2, 0.25) is 0 Å². The van der Waals surface area contributed by atoms with Gasteiger partial charge in [-0.25, -0.2) is 0 Å². The second kappa shape index (κ2) is 6.53. The van der Waals surface area contributed by atoms with Crippen molar-refractivity contribution >= 4 is 0 Å². The standard InChI is InChI=1S/C30H52/c1-20-12-16-27(5)18-19-29(7)23-10-11-24-26(3,4)14-9-15-28(24,6)22(23)13-17-30(29,8)25(27)21(20)2/h20-25H,9-19H2,1-8H3/t20-,21+,22+,23+,24+,25-,27-,28-,29-,30+/m1/s1. The smallest absolute Gasteiger partial charge is 0.0233 e. The van der Waals surface area contributed by atoms with E-state index in [2.05, 4.69) is 55.4 Å². The van der Waals surface area contributed by atoms with E-state index in [9.17, 15) is 0 Å². The van der Waals surface area contributed by atoms with Crippen molar-refractivity contribution in [1.29, 1.82) is 0 Å². The largest absolute Gasteiger partial charge is 0.0622 e. The van der Waals surface area contributed by atoms with Crippen molar-refractivity contribution in [2.24, 2.45) is 62.6 Å². The van der Waals surface area contributed by atoms with E-state index < -0.39 is 0 Å². The van der Waals surface area contributed by atoms with Crippen LogP contribution in [0.1, 0.15) is 126 Å². The average Bonchev–Trinajstić information content (AvgIpc) is 2.66. The van der Waals surface area contributed by atoms with E-state index in [0.29, 0.717) is 27.1 Å². The van der Waals surface area contributed by atoms with Crippen LogP contribution in [-0.2, 0) is 0 Å². The summed E-state index contributed by atoms with van der Waals surface area (Å²) in [4.78, 5) is 0. The molecule has 0 aliphatic heterocycles. The fourth-order valence-electron chi connectivity index (χ4n) is 11.9. The summed E-state index contributed by atoms with van der Waals surface area (Å²) in [6.45, 7) is 21.5. The van der Waals surface area contributed by atoms with E-state index in [1.807, 2.05) is 0 Å². The molecule has 0 aromatic heterocycles. The van der Waals surface area contributed by atoms with E-state index in [-0.39, 0.29) is 0 Å². The summed E-state index contributed by atoms with van der Waals surface area (Å²) < 4.78 is 0. The number of fused-ring (bicyclic) bond motifs is 7. The average molecular weight is 413 g/mol. The van der Waals surface area contributed by atoms with E-state index >= 15 is 0 Å². The summed E-state index contributed by atoms with van der Waals surface area (Å²) in [6, 6.07) is 0. The molecule has 5 saturated carbocycles. The van der Waals surface area contributed by atoms with Crippen LogP contribution in [-0.4, -0.2) is 0 Å². The Morgan fingerprint density at radius 3 is 2.07 bits per heavy atom. The normalized spacial score (nSPS) is 60.0. The van der Waals surface area contributed by atoms with Crippen LogP contribution in [0.2, 0.25) is 0 Å². The highest BCUT2D eigenvalue weighted by molar-refractivity contribution is 5.17. The Morgan fingerprint density at radius 1 is 0.600 bits per heavy atom. The molecular weight excluding hydrogens is 360 g/mol. The molecule has 5 fully saturated rings. The minimum Gasteiger partial charge on any atom is -0.0622 e. The van der Waals surface area contributed by atoms with Gasteiger partial charge in [0.15, 0.2) is 0 Å². The Labute approximate surface area is 188 Å². The molecule has 0 nitrogen and oxygen atoms in total. The minimum absolute atomic E-state index is 0.558. The first-order chi connectivity index (χ1) is 13.9. The zero-order valence-corrected chi connectivity index (χ0v) is 21.7. The van der Waals surface area contributed by atoms with Crippen LogP contribution >= 0.6 is 0 Å². The van der Waals surface area contributed by atoms with Crippen LogP contribution < -0.4 is 0 Å². The molecular formula is C30H52. The Hall–Kier alpha value is 0. The molecule has 0 radical (unpaired) electrons. The van der Waals surface area contributed by atoms with E-state index in [1.54, 1.807) is 0 Å². The summed E-state index contributed by atoms with van der Waals surface area (Å²) in [5, 5.41) is 0. The quantitative estimate of drug-likeness (QED) is 0.372. The zero-order valence-electron chi connectivity index (χ0n) is 21.7. The molecule has 0 bridgehead atoms.